The molecule has 0 heterocycles. The molecule has 17 heavy (non-hydrogen) atoms. The van der Waals surface area contributed by atoms with Gasteiger partial charge in [0.25, 0.3) is 0 Å². The summed E-state index contributed by atoms with van der Waals surface area (Å²) in [5.41, 5.74) is 1.85. The van der Waals surface area contributed by atoms with Gasteiger partial charge in [-0.2, -0.15) is 0 Å². The Kier molecular flexibility index (Phi) is 4.02. The van der Waals surface area contributed by atoms with E-state index in [2.05, 4.69) is 31.9 Å². The zero-order chi connectivity index (χ0) is 12.3. The summed E-state index contributed by atoms with van der Waals surface area (Å²) >= 11 is 7.12. The normalized spacial score (nSPS) is 13.4. The van der Waals surface area contributed by atoms with Crippen LogP contribution in [0.4, 0.5) is 0 Å². The molecule has 0 spiro atoms. The van der Waals surface area contributed by atoms with Crippen LogP contribution < -0.4 is 0 Å². The quantitative estimate of drug-likeness (QED) is 0.811. The number of hydrogen-bond donors (Lipinski definition) is 1. The average molecular weight is 356 g/mol. The minimum atomic E-state index is -0.664. The van der Waals surface area contributed by atoms with Gasteiger partial charge in [0, 0.05) is 0 Å². The second kappa shape index (κ2) is 5.34. The van der Waals surface area contributed by atoms with Gasteiger partial charge in [0.15, 0.2) is 0 Å². The molecule has 0 fully saturated rings. The molecule has 2 aromatic carbocycles. The molecule has 0 bridgehead atoms. The molecule has 1 N–H and O–H groups in total. The Morgan fingerprint density at radius 1 is 0.824 bits per heavy atom. The van der Waals surface area contributed by atoms with Crippen molar-refractivity contribution < 1.29 is 5.11 Å². The number of aliphatic hydroxyl groups is 1. The van der Waals surface area contributed by atoms with Crippen LogP contribution in [0.3, 0.4) is 0 Å². The summed E-state index contributed by atoms with van der Waals surface area (Å²) in [7, 11) is 0. The summed E-state index contributed by atoms with van der Waals surface area (Å²) in [4.78, 5) is 0. The molecule has 0 aliphatic heterocycles. The topological polar surface area (TPSA) is 20.2 Å². The highest BCUT2D eigenvalue weighted by Crippen LogP contribution is 2.48. The summed E-state index contributed by atoms with van der Waals surface area (Å²) in [5.74, 6) is 0. The van der Waals surface area contributed by atoms with Gasteiger partial charge < -0.3 is 5.11 Å². The smallest absolute Gasteiger partial charge is 0.135 e. The molecule has 2 aromatic rings. The van der Waals surface area contributed by atoms with Crippen molar-refractivity contribution in [1.29, 1.82) is 0 Å². The molecule has 2 rings (SSSR count). The fourth-order valence-corrected chi connectivity index (χ4v) is 2.72. The van der Waals surface area contributed by atoms with E-state index in [0.717, 1.165) is 11.1 Å². The Balaban J connectivity index is 2.33. The first-order chi connectivity index (χ1) is 8.12. The van der Waals surface area contributed by atoms with Gasteiger partial charge in [0.1, 0.15) is 9.34 Å². The molecule has 0 radical (unpaired) electrons. The largest absolute Gasteiger partial charge is 0.386 e. The van der Waals surface area contributed by atoms with Crippen molar-refractivity contribution in [3.05, 3.63) is 71.8 Å². The van der Waals surface area contributed by atoms with E-state index in [1.807, 2.05) is 60.7 Å². The van der Waals surface area contributed by atoms with E-state index >= 15 is 0 Å². The molecule has 0 amide bonds. The van der Waals surface area contributed by atoms with Gasteiger partial charge in [-0.15, -0.1) is 0 Å². The van der Waals surface area contributed by atoms with Crippen LogP contribution in [0, 0.1) is 0 Å². The van der Waals surface area contributed by atoms with Crippen LogP contribution in [0.2, 0.25) is 0 Å². The minimum absolute atomic E-state index is 0.661. The second-order valence-electron chi connectivity index (χ2n) is 3.80. The zero-order valence-electron chi connectivity index (χ0n) is 9.05. The lowest BCUT2D eigenvalue weighted by Crippen LogP contribution is -2.20. The van der Waals surface area contributed by atoms with Crippen LogP contribution >= 0.6 is 31.9 Å². The molecular weight excluding hydrogens is 344 g/mol. The first-order valence-corrected chi connectivity index (χ1v) is 6.87. The highest BCUT2D eigenvalue weighted by molar-refractivity contribution is 9.24. The number of benzene rings is 2. The maximum atomic E-state index is 10.4. The van der Waals surface area contributed by atoms with Crippen LogP contribution in [0.5, 0.6) is 0 Å². The van der Waals surface area contributed by atoms with Crippen molar-refractivity contribution in [2.75, 3.05) is 0 Å². The van der Waals surface area contributed by atoms with Gasteiger partial charge in [-0.05, 0) is 11.1 Å². The Bertz CT molecular complexity index is 468. The zero-order valence-corrected chi connectivity index (χ0v) is 12.2. The van der Waals surface area contributed by atoms with Crippen molar-refractivity contribution >= 4 is 31.9 Å². The van der Waals surface area contributed by atoms with Crippen molar-refractivity contribution in [1.82, 2.24) is 0 Å². The Labute approximate surface area is 118 Å². The molecule has 0 aliphatic rings. The fraction of sp³-hybridized carbons (Fsp3) is 0.143. The number of rotatable bonds is 3. The maximum absolute atomic E-state index is 10.4. The van der Waals surface area contributed by atoms with Crippen molar-refractivity contribution in [3.8, 4) is 0 Å². The van der Waals surface area contributed by atoms with Gasteiger partial charge in [-0.3, -0.25) is 0 Å². The number of alkyl halides is 2. The molecule has 1 unspecified atom stereocenters. The van der Waals surface area contributed by atoms with Crippen LogP contribution in [-0.4, -0.2) is 5.11 Å². The molecule has 1 atom stereocenters. The number of hydrogen-bond acceptors (Lipinski definition) is 1. The number of aliphatic hydroxyl groups excluding tert-OH is 1. The highest BCUT2D eigenvalue weighted by Gasteiger charge is 2.35. The van der Waals surface area contributed by atoms with Crippen LogP contribution in [-0.2, 0) is 3.23 Å². The molecule has 0 aromatic heterocycles. The van der Waals surface area contributed by atoms with E-state index in [1.54, 1.807) is 0 Å². The number of halogens is 2. The Hall–Kier alpha value is -0.640. The second-order valence-corrected chi connectivity index (χ2v) is 7.37. The summed E-state index contributed by atoms with van der Waals surface area (Å²) in [5, 5.41) is 10.4. The minimum Gasteiger partial charge on any atom is -0.386 e. The lowest BCUT2D eigenvalue weighted by Gasteiger charge is -2.27. The third-order valence-corrected chi connectivity index (χ3v) is 4.40. The van der Waals surface area contributed by atoms with Crippen molar-refractivity contribution in [2.45, 2.75) is 9.34 Å². The van der Waals surface area contributed by atoms with E-state index in [9.17, 15) is 5.11 Å². The van der Waals surface area contributed by atoms with Gasteiger partial charge in [-0.25, -0.2) is 0 Å². The summed E-state index contributed by atoms with van der Waals surface area (Å²) in [6.45, 7) is 0. The Morgan fingerprint density at radius 2 is 1.29 bits per heavy atom. The monoisotopic (exact) mass is 354 g/mol. The molecule has 88 valence electrons. The summed E-state index contributed by atoms with van der Waals surface area (Å²) in [6.07, 6.45) is -0.661. The lowest BCUT2D eigenvalue weighted by atomic mass is 10.0. The average Bonchev–Trinajstić information content (AvgIpc) is 2.40. The van der Waals surface area contributed by atoms with Crippen molar-refractivity contribution in [2.24, 2.45) is 0 Å². The van der Waals surface area contributed by atoms with Gasteiger partial charge in [0.2, 0.25) is 0 Å². The van der Waals surface area contributed by atoms with Crippen LogP contribution in [0.15, 0.2) is 60.7 Å². The van der Waals surface area contributed by atoms with Crippen molar-refractivity contribution in [3.63, 3.8) is 0 Å². The van der Waals surface area contributed by atoms with Gasteiger partial charge >= 0.3 is 0 Å². The molecule has 0 saturated carbocycles. The van der Waals surface area contributed by atoms with Gasteiger partial charge in [-0.1, -0.05) is 92.5 Å². The Morgan fingerprint density at radius 3 is 1.82 bits per heavy atom. The first kappa shape index (κ1) is 12.8. The predicted molar refractivity (Wildman–Crippen MR) is 77.4 cm³/mol. The molecule has 1 nitrogen and oxygen atoms in total. The van der Waals surface area contributed by atoms with Crippen LogP contribution in [0.25, 0.3) is 0 Å². The van der Waals surface area contributed by atoms with E-state index < -0.39 is 9.34 Å². The van der Waals surface area contributed by atoms with E-state index in [1.165, 1.54) is 0 Å². The standard InChI is InChI=1S/C14H12Br2O/c15-14(16,12-9-5-2-6-10-12)13(17)11-7-3-1-4-8-11/h1-10,13,17H. The van der Waals surface area contributed by atoms with Crippen LogP contribution in [0.1, 0.15) is 17.2 Å². The molecular formula is C14H12Br2O. The maximum Gasteiger partial charge on any atom is 0.135 e. The third kappa shape index (κ3) is 2.79. The lowest BCUT2D eigenvalue weighted by molar-refractivity contribution is 0.168. The SMILES string of the molecule is OC(c1ccccc1)C(Br)(Br)c1ccccc1. The fourth-order valence-electron chi connectivity index (χ4n) is 1.66. The summed E-state index contributed by atoms with van der Waals surface area (Å²) < 4.78 is -0.664. The predicted octanol–water partition coefficient (Wildman–Crippen LogP) is 4.36. The van der Waals surface area contributed by atoms with E-state index in [4.69, 9.17) is 0 Å². The summed E-state index contributed by atoms with van der Waals surface area (Å²) in [6, 6.07) is 19.4. The third-order valence-electron chi connectivity index (χ3n) is 2.62. The molecule has 0 saturated heterocycles. The highest BCUT2D eigenvalue weighted by atomic mass is 79.9. The van der Waals surface area contributed by atoms with E-state index in [0.29, 0.717) is 0 Å². The van der Waals surface area contributed by atoms with E-state index in [-0.39, 0.29) is 0 Å². The molecule has 0 aliphatic carbocycles. The van der Waals surface area contributed by atoms with Gasteiger partial charge in [0.05, 0.1) is 0 Å². The first-order valence-electron chi connectivity index (χ1n) is 5.28. The molecule has 3 heteroatoms.